The highest BCUT2D eigenvalue weighted by molar-refractivity contribution is 4.61. The van der Waals surface area contributed by atoms with Gasteiger partial charge in [0.15, 0.2) is 0 Å². The van der Waals surface area contributed by atoms with Gasteiger partial charge >= 0.3 is 0 Å². The number of unbranched alkanes of at least 4 members (excludes halogenated alkanes) is 28. The van der Waals surface area contributed by atoms with E-state index in [1.165, 1.54) is 180 Å². The van der Waals surface area contributed by atoms with Crippen LogP contribution in [0.15, 0.2) is 6.08 Å². The van der Waals surface area contributed by atoms with Crippen molar-refractivity contribution in [1.82, 2.24) is 0 Å². The molecular formula is C32H63. The Morgan fingerprint density at radius 3 is 0.688 bits per heavy atom. The maximum absolute atomic E-state index is 5.41. The van der Waals surface area contributed by atoms with E-state index >= 15 is 0 Å². The molecule has 1 radical (unpaired) electrons. The van der Waals surface area contributed by atoms with Gasteiger partial charge in [0, 0.05) is 0 Å². The lowest BCUT2D eigenvalue weighted by molar-refractivity contribution is 0.514. The summed E-state index contributed by atoms with van der Waals surface area (Å²) in [7, 11) is 0. The second kappa shape index (κ2) is 30.7. The van der Waals surface area contributed by atoms with Crippen LogP contribution in [-0.2, 0) is 0 Å². The molecule has 32 heavy (non-hydrogen) atoms. The first kappa shape index (κ1) is 31.7. The van der Waals surface area contributed by atoms with E-state index in [2.05, 4.69) is 6.92 Å². The lowest BCUT2D eigenvalue weighted by atomic mass is 10.0. The highest BCUT2D eigenvalue weighted by Gasteiger charge is 1.96. The lowest BCUT2D eigenvalue weighted by Crippen LogP contribution is -1.85. The molecule has 0 aliphatic rings. The molecule has 0 spiro atoms. The van der Waals surface area contributed by atoms with Crippen molar-refractivity contribution in [2.24, 2.45) is 0 Å². The summed E-state index contributed by atoms with van der Waals surface area (Å²) >= 11 is 0. The van der Waals surface area contributed by atoms with Crippen molar-refractivity contribution < 1.29 is 0 Å². The quantitative estimate of drug-likeness (QED) is 0.0999. The molecule has 0 aliphatic carbocycles. The van der Waals surface area contributed by atoms with E-state index < -0.39 is 0 Å². The van der Waals surface area contributed by atoms with Crippen molar-refractivity contribution in [3.05, 3.63) is 12.7 Å². The van der Waals surface area contributed by atoms with Gasteiger partial charge in [-0.05, 0) is 12.8 Å². The molecule has 0 N–H and O–H groups in total. The van der Waals surface area contributed by atoms with Crippen molar-refractivity contribution in [1.29, 1.82) is 0 Å². The topological polar surface area (TPSA) is 0 Å². The Bertz CT molecular complexity index is 318. The zero-order chi connectivity index (χ0) is 23.2. The zero-order valence-electron chi connectivity index (χ0n) is 22.7. The summed E-state index contributed by atoms with van der Waals surface area (Å²) in [5, 5.41) is 0. The summed E-state index contributed by atoms with van der Waals surface area (Å²) in [6.45, 7) is 7.71. The molecule has 0 atom stereocenters. The molecule has 0 amide bonds. The number of hydrogen-bond acceptors (Lipinski definition) is 0. The summed E-state index contributed by atoms with van der Waals surface area (Å²) in [4.78, 5) is 0. The van der Waals surface area contributed by atoms with Crippen LogP contribution in [0.1, 0.15) is 193 Å². The maximum atomic E-state index is 5.41. The minimum atomic E-state index is 1.10. The SMILES string of the molecule is [CH]=CCCCCCCCCCCCCCCCCCCCCCCCCCCCCCC. The third-order valence-corrected chi connectivity index (χ3v) is 7.22. The molecule has 0 aromatic rings. The van der Waals surface area contributed by atoms with Crippen LogP contribution in [0.2, 0.25) is 0 Å². The maximum Gasteiger partial charge on any atom is -0.0348 e. The van der Waals surface area contributed by atoms with Crippen LogP contribution >= 0.6 is 0 Å². The van der Waals surface area contributed by atoms with Crippen LogP contribution in [0.5, 0.6) is 0 Å². The van der Waals surface area contributed by atoms with Crippen LogP contribution in [-0.4, -0.2) is 0 Å². The standard InChI is InChI=1S/C32H63/c1-3-5-7-9-11-13-15-17-19-21-23-25-27-29-31-32-30-28-26-24-22-20-18-16-14-12-10-8-6-4-2/h1,3H,4-32H2,2H3. The summed E-state index contributed by atoms with van der Waals surface area (Å²) in [5.74, 6) is 0. The van der Waals surface area contributed by atoms with Crippen molar-refractivity contribution in [3.63, 3.8) is 0 Å². The van der Waals surface area contributed by atoms with E-state index in [0.717, 1.165) is 6.42 Å². The summed E-state index contributed by atoms with van der Waals surface area (Å²) < 4.78 is 0. The van der Waals surface area contributed by atoms with Gasteiger partial charge in [-0.2, -0.15) is 0 Å². The van der Waals surface area contributed by atoms with Gasteiger partial charge in [-0.25, -0.2) is 0 Å². The summed E-state index contributed by atoms with van der Waals surface area (Å²) in [6, 6.07) is 0. The fraction of sp³-hybridized carbons (Fsp3) is 0.938. The first-order valence-corrected chi connectivity index (χ1v) is 15.4. The Kier molecular flexibility index (Phi) is 30.5. The minimum Gasteiger partial charge on any atom is -0.0845 e. The highest BCUT2D eigenvalue weighted by atomic mass is 14.0. The predicted molar refractivity (Wildman–Crippen MR) is 148 cm³/mol. The lowest BCUT2D eigenvalue weighted by Gasteiger charge is -2.04. The smallest absolute Gasteiger partial charge is 0.0348 e. The fourth-order valence-electron chi connectivity index (χ4n) is 4.93. The van der Waals surface area contributed by atoms with E-state index in [9.17, 15) is 0 Å². The second-order valence-electron chi connectivity index (χ2n) is 10.6. The average molecular weight is 448 g/mol. The normalized spacial score (nSPS) is 11.3. The first-order chi connectivity index (χ1) is 15.9. The Morgan fingerprint density at radius 1 is 0.312 bits per heavy atom. The Hall–Kier alpha value is -0.260. The van der Waals surface area contributed by atoms with E-state index in [0.29, 0.717) is 0 Å². The van der Waals surface area contributed by atoms with Gasteiger partial charge in [-0.3, -0.25) is 0 Å². The van der Waals surface area contributed by atoms with E-state index in [1.807, 2.05) is 0 Å². The van der Waals surface area contributed by atoms with Crippen molar-refractivity contribution >= 4 is 0 Å². The zero-order valence-corrected chi connectivity index (χ0v) is 22.7. The van der Waals surface area contributed by atoms with Gasteiger partial charge in [-0.15, -0.1) is 0 Å². The first-order valence-electron chi connectivity index (χ1n) is 15.4. The second-order valence-corrected chi connectivity index (χ2v) is 10.6. The molecule has 0 bridgehead atoms. The van der Waals surface area contributed by atoms with Gasteiger partial charge in [0.25, 0.3) is 0 Å². The van der Waals surface area contributed by atoms with Gasteiger partial charge in [0.2, 0.25) is 0 Å². The van der Waals surface area contributed by atoms with Crippen LogP contribution < -0.4 is 0 Å². The molecular weight excluding hydrogens is 384 g/mol. The average Bonchev–Trinajstić information content (AvgIpc) is 2.81. The highest BCUT2D eigenvalue weighted by Crippen LogP contribution is 2.16. The van der Waals surface area contributed by atoms with Crippen LogP contribution in [0.4, 0.5) is 0 Å². The van der Waals surface area contributed by atoms with E-state index in [4.69, 9.17) is 6.58 Å². The van der Waals surface area contributed by atoms with Crippen LogP contribution in [0, 0.1) is 6.58 Å². The molecule has 0 aromatic carbocycles. The number of hydrogen-bond donors (Lipinski definition) is 0. The minimum absolute atomic E-state index is 1.10. The van der Waals surface area contributed by atoms with Crippen molar-refractivity contribution in [2.75, 3.05) is 0 Å². The molecule has 0 aliphatic heterocycles. The molecule has 0 aromatic heterocycles. The van der Waals surface area contributed by atoms with Crippen molar-refractivity contribution in [2.45, 2.75) is 193 Å². The van der Waals surface area contributed by atoms with Gasteiger partial charge in [0.05, 0.1) is 0 Å². The monoisotopic (exact) mass is 447 g/mol. The molecule has 0 saturated heterocycles. The Balaban J connectivity index is 2.99. The predicted octanol–water partition coefficient (Wildman–Crippen LogP) is 12.3. The molecule has 0 heteroatoms. The summed E-state index contributed by atoms with van der Waals surface area (Å²) in [6.07, 6.45) is 43.8. The van der Waals surface area contributed by atoms with Crippen LogP contribution in [0.25, 0.3) is 0 Å². The Morgan fingerprint density at radius 2 is 0.500 bits per heavy atom. The number of allylic oxidation sites excluding steroid dienone is 1. The van der Waals surface area contributed by atoms with Crippen LogP contribution in [0.3, 0.4) is 0 Å². The van der Waals surface area contributed by atoms with Gasteiger partial charge in [0.1, 0.15) is 0 Å². The fourth-order valence-corrected chi connectivity index (χ4v) is 4.93. The molecule has 0 nitrogen and oxygen atoms in total. The molecule has 0 fully saturated rings. The molecule has 0 saturated carbocycles. The third-order valence-electron chi connectivity index (χ3n) is 7.22. The molecule has 0 unspecified atom stereocenters. The molecule has 0 rings (SSSR count). The largest absolute Gasteiger partial charge is 0.0845 e. The Labute approximate surface area is 205 Å². The third kappa shape index (κ3) is 29.7. The van der Waals surface area contributed by atoms with Gasteiger partial charge in [-0.1, -0.05) is 193 Å². The van der Waals surface area contributed by atoms with Gasteiger partial charge < -0.3 is 0 Å². The number of rotatable bonds is 29. The molecule has 0 heterocycles. The van der Waals surface area contributed by atoms with Crippen molar-refractivity contribution in [3.8, 4) is 0 Å². The molecule has 191 valence electrons. The van der Waals surface area contributed by atoms with E-state index in [1.54, 1.807) is 6.08 Å². The summed E-state index contributed by atoms with van der Waals surface area (Å²) in [5.41, 5.74) is 0. The van der Waals surface area contributed by atoms with E-state index in [-0.39, 0.29) is 0 Å².